The first-order chi connectivity index (χ1) is 16.3. The van der Waals surface area contributed by atoms with E-state index in [1.54, 1.807) is 17.0 Å². The highest BCUT2D eigenvalue weighted by atomic mass is 35.5. The van der Waals surface area contributed by atoms with Crippen molar-refractivity contribution >= 4 is 23.4 Å². The number of nitrogens with zero attached hydrogens (tertiary/aromatic N) is 3. The van der Waals surface area contributed by atoms with Gasteiger partial charge in [-0.2, -0.15) is 0 Å². The number of halogens is 3. The van der Waals surface area contributed by atoms with Crippen LogP contribution in [0.5, 0.6) is 0 Å². The number of amides is 2. The SMILES string of the molecule is O=C(c1cc(Cl)ccc1F)N1CCC2(CC1)C[C@H]2C(=O)N1CCN(Cc2cccc(F)c2)CC1. The van der Waals surface area contributed by atoms with E-state index in [-0.39, 0.29) is 34.5 Å². The second kappa shape index (κ2) is 9.27. The maximum Gasteiger partial charge on any atom is 0.256 e. The third-order valence-corrected chi connectivity index (χ3v) is 7.91. The lowest BCUT2D eigenvalue weighted by atomic mass is 9.90. The number of carbonyl (C=O) groups is 2. The first kappa shape index (κ1) is 23.2. The van der Waals surface area contributed by atoms with Crippen LogP contribution in [-0.4, -0.2) is 65.8 Å². The van der Waals surface area contributed by atoms with Crippen LogP contribution in [0.2, 0.25) is 5.02 Å². The molecule has 0 unspecified atom stereocenters. The molecule has 5 nitrogen and oxygen atoms in total. The average Bonchev–Trinajstić information content (AvgIpc) is 3.53. The minimum absolute atomic E-state index is 0.00276. The van der Waals surface area contributed by atoms with Crippen molar-refractivity contribution in [3.8, 4) is 0 Å². The minimum Gasteiger partial charge on any atom is -0.340 e. The lowest BCUT2D eigenvalue weighted by Gasteiger charge is -2.36. The van der Waals surface area contributed by atoms with Crippen LogP contribution in [0, 0.1) is 23.0 Å². The Bertz CT molecular complexity index is 1100. The molecule has 1 atom stereocenters. The third-order valence-electron chi connectivity index (χ3n) is 7.67. The largest absolute Gasteiger partial charge is 0.340 e. The fourth-order valence-corrected chi connectivity index (χ4v) is 5.65. The smallest absolute Gasteiger partial charge is 0.256 e. The summed E-state index contributed by atoms with van der Waals surface area (Å²) in [5.74, 6) is -0.900. The molecule has 2 aromatic rings. The molecule has 5 rings (SSSR count). The molecule has 0 N–H and O–H groups in total. The standard InChI is InChI=1S/C26H28ClF2N3O2/c27-19-4-5-23(29)21(15-19)24(33)31-8-6-26(7-9-31)16-22(26)25(34)32-12-10-30(11-13-32)17-18-2-1-3-20(28)14-18/h1-5,14-15,22H,6-13,16-17H2/t22-/m0/s1. The summed E-state index contributed by atoms with van der Waals surface area (Å²) in [6.45, 7) is 4.64. The number of piperidine rings is 1. The summed E-state index contributed by atoms with van der Waals surface area (Å²) in [6.07, 6.45) is 2.39. The van der Waals surface area contributed by atoms with Gasteiger partial charge in [0.2, 0.25) is 5.91 Å². The summed E-state index contributed by atoms with van der Waals surface area (Å²) in [6, 6.07) is 10.7. The van der Waals surface area contributed by atoms with Crippen LogP contribution in [0.25, 0.3) is 0 Å². The molecule has 34 heavy (non-hydrogen) atoms. The average molecular weight is 488 g/mol. The molecule has 3 fully saturated rings. The number of piperazine rings is 1. The van der Waals surface area contributed by atoms with Crippen LogP contribution >= 0.6 is 11.6 Å². The molecule has 1 spiro atoms. The predicted octanol–water partition coefficient (Wildman–Crippen LogP) is 4.20. The molecule has 0 radical (unpaired) electrons. The lowest BCUT2D eigenvalue weighted by molar-refractivity contribution is -0.135. The highest BCUT2D eigenvalue weighted by Gasteiger charge is 2.59. The zero-order valence-electron chi connectivity index (χ0n) is 19.0. The fourth-order valence-electron chi connectivity index (χ4n) is 5.48. The summed E-state index contributed by atoms with van der Waals surface area (Å²) in [4.78, 5) is 31.8. The molecular weight excluding hydrogens is 460 g/mol. The second-order valence-corrected chi connectivity index (χ2v) is 10.2. The summed E-state index contributed by atoms with van der Waals surface area (Å²) in [7, 11) is 0. The van der Waals surface area contributed by atoms with Gasteiger partial charge in [0.15, 0.2) is 0 Å². The third kappa shape index (κ3) is 4.68. The maximum absolute atomic E-state index is 14.1. The molecule has 2 heterocycles. The second-order valence-electron chi connectivity index (χ2n) is 9.77. The van der Waals surface area contributed by atoms with Crippen LogP contribution < -0.4 is 0 Å². The van der Waals surface area contributed by atoms with E-state index in [0.717, 1.165) is 37.9 Å². The van der Waals surface area contributed by atoms with Crippen LogP contribution in [0.15, 0.2) is 42.5 Å². The number of benzene rings is 2. The molecule has 3 aliphatic rings. The van der Waals surface area contributed by atoms with Crippen molar-refractivity contribution in [1.82, 2.24) is 14.7 Å². The van der Waals surface area contributed by atoms with Crippen molar-refractivity contribution in [2.24, 2.45) is 11.3 Å². The van der Waals surface area contributed by atoms with E-state index >= 15 is 0 Å². The highest BCUT2D eigenvalue weighted by Crippen LogP contribution is 2.60. The Hall–Kier alpha value is -2.51. The number of carbonyl (C=O) groups excluding carboxylic acids is 2. The fraction of sp³-hybridized carbons (Fsp3) is 0.462. The van der Waals surface area contributed by atoms with Crippen molar-refractivity contribution in [1.29, 1.82) is 0 Å². The Balaban J connectivity index is 1.11. The van der Waals surface area contributed by atoms with E-state index in [1.165, 1.54) is 24.3 Å². The van der Waals surface area contributed by atoms with Gasteiger partial charge in [-0.05, 0) is 60.6 Å². The Labute approximate surface area is 203 Å². The van der Waals surface area contributed by atoms with Gasteiger partial charge in [0, 0.05) is 56.8 Å². The van der Waals surface area contributed by atoms with Crippen molar-refractivity contribution in [3.05, 3.63) is 70.2 Å². The molecule has 180 valence electrons. The molecule has 8 heteroatoms. The van der Waals surface area contributed by atoms with Crippen molar-refractivity contribution in [2.45, 2.75) is 25.8 Å². The summed E-state index contributed by atoms with van der Waals surface area (Å²) in [5, 5.41) is 0.335. The van der Waals surface area contributed by atoms with E-state index in [9.17, 15) is 18.4 Å². The van der Waals surface area contributed by atoms with E-state index in [1.807, 2.05) is 11.0 Å². The lowest BCUT2D eigenvalue weighted by Crippen LogP contribution is -2.49. The van der Waals surface area contributed by atoms with Crippen LogP contribution in [0.3, 0.4) is 0 Å². The first-order valence-corrected chi connectivity index (χ1v) is 12.2. The Morgan fingerprint density at radius 3 is 2.38 bits per heavy atom. The van der Waals surface area contributed by atoms with Gasteiger partial charge in [-0.25, -0.2) is 8.78 Å². The molecular formula is C26H28ClF2N3O2. The van der Waals surface area contributed by atoms with Crippen molar-refractivity contribution in [2.75, 3.05) is 39.3 Å². The summed E-state index contributed by atoms with van der Waals surface area (Å²) in [5.41, 5.74) is 0.919. The Morgan fingerprint density at radius 2 is 1.68 bits per heavy atom. The minimum atomic E-state index is -0.564. The number of rotatable bonds is 4. The van der Waals surface area contributed by atoms with Crippen LogP contribution in [0.4, 0.5) is 8.78 Å². The summed E-state index contributed by atoms with van der Waals surface area (Å²) >= 11 is 5.94. The van der Waals surface area contributed by atoms with Gasteiger partial charge >= 0.3 is 0 Å². The van der Waals surface area contributed by atoms with E-state index in [4.69, 9.17) is 11.6 Å². The molecule has 0 aromatic heterocycles. The monoisotopic (exact) mass is 487 g/mol. The molecule has 2 saturated heterocycles. The van der Waals surface area contributed by atoms with Gasteiger partial charge < -0.3 is 9.80 Å². The first-order valence-electron chi connectivity index (χ1n) is 11.8. The van der Waals surface area contributed by atoms with Crippen molar-refractivity contribution < 1.29 is 18.4 Å². The van der Waals surface area contributed by atoms with Crippen molar-refractivity contribution in [3.63, 3.8) is 0 Å². The molecule has 2 amide bonds. The Morgan fingerprint density at radius 1 is 0.941 bits per heavy atom. The maximum atomic E-state index is 14.1. The molecule has 2 aliphatic heterocycles. The Kier molecular flexibility index (Phi) is 6.34. The van der Waals surface area contributed by atoms with E-state index in [2.05, 4.69) is 4.90 Å². The number of likely N-dealkylation sites (tertiary alicyclic amines) is 1. The summed E-state index contributed by atoms with van der Waals surface area (Å²) < 4.78 is 27.5. The van der Waals surface area contributed by atoms with Gasteiger partial charge in [-0.3, -0.25) is 14.5 Å². The highest BCUT2D eigenvalue weighted by molar-refractivity contribution is 6.31. The number of hydrogen-bond acceptors (Lipinski definition) is 3. The molecule has 2 aromatic carbocycles. The number of hydrogen-bond donors (Lipinski definition) is 0. The molecule has 0 bridgehead atoms. The van der Waals surface area contributed by atoms with Gasteiger partial charge in [0.1, 0.15) is 11.6 Å². The van der Waals surface area contributed by atoms with Gasteiger partial charge in [0.25, 0.3) is 5.91 Å². The van der Waals surface area contributed by atoms with E-state index in [0.29, 0.717) is 37.7 Å². The molecule has 1 saturated carbocycles. The zero-order chi connectivity index (χ0) is 23.9. The van der Waals surface area contributed by atoms with Gasteiger partial charge in [0.05, 0.1) is 5.56 Å². The van der Waals surface area contributed by atoms with Crippen LogP contribution in [-0.2, 0) is 11.3 Å². The van der Waals surface area contributed by atoms with Gasteiger partial charge in [-0.15, -0.1) is 0 Å². The predicted molar refractivity (Wildman–Crippen MR) is 125 cm³/mol. The zero-order valence-corrected chi connectivity index (χ0v) is 19.7. The van der Waals surface area contributed by atoms with Gasteiger partial charge in [-0.1, -0.05) is 23.7 Å². The topological polar surface area (TPSA) is 43.9 Å². The van der Waals surface area contributed by atoms with E-state index < -0.39 is 5.82 Å². The quantitative estimate of drug-likeness (QED) is 0.649. The normalized spacial score (nSPS) is 22.1. The van der Waals surface area contributed by atoms with Crippen LogP contribution in [0.1, 0.15) is 35.2 Å². The molecule has 1 aliphatic carbocycles.